The van der Waals surface area contributed by atoms with Gasteiger partial charge in [-0.1, -0.05) is 37.3 Å². The summed E-state index contributed by atoms with van der Waals surface area (Å²) in [6, 6.07) is 12.0. The van der Waals surface area contributed by atoms with Gasteiger partial charge in [0.25, 0.3) is 17.7 Å². The first-order chi connectivity index (χ1) is 44.1. The lowest BCUT2D eigenvalue weighted by Crippen LogP contribution is -2.50. The molecule has 9 heterocycles. The first-order valence-electron chi connectivity index (χ1n) is 28.8. The molecule has 3 aliphatic rings. The third-order valence-electron chi connectivity index (χ3n) is 16.3. The summed E-state index contributed by atoms with van der Waals surface area (Å²) in [6.45, 7) is 3.37. The lowest BCUT2D eigenvalue weighted by molar-refractivity contribution is -0.143. The summed E-state index contributed by atoms with van der Waals surface area (Å²) in [5, 5.41) is 63.0. The number of fused-ring (bicyclic) bond motifs is 16. The summed E-state index contributed by atoms with van der Waals surface area (Å²) in [4.78, 5) is 133. The number of ketones is 1. The number of benzene rings is 2. The molecule has 10 bridgehead atoms. The molecule has 0 unspecified atom stereocenters. The second-order valence-corrected chi connectivity index (χ2v) is 29.7. The van der Waals surface area contributed by atoms with Gasteiger partial charge in [-0.15, -0.1) is 68.0 Å². The fourth-order valence-electron chi connectivity index (χ4n) is 11.4. The Hall–Kier alpha value is -7.46. The minimum atomic E-state index is -1.32. The molecule has 12 rings (SSSR count). The number of phenolic OH excluding ortho intramolecular Hbond substituents is 1. The Balaban J connectivity index is 0.938. The molecule has 474 valence electrons. The standard InChI is InChI=1S/C61H54Br2N12O11S6/c1-25-44(77)19-75-48(25)59-73-42(24-91-59)57-69-38(20-89-57)47-31(12-13-35(66-47)56-72-39(23-90-56)51(81)65-30-10-8-29(9-11-30)61(85)86)54-70-40(21-87-54)52(82)67-36(18-45(64)78)58-74-46(26(2)92-58)43(76)17-32(49(79)28-6-4-3-5-7-28)55-71-41(22-88-55)53(83)68-37(60(75)84)16-27-14-33(62)50(80)34(63)15-27/h3-7,12-15,20-25,29-30,32,36-37,44,48-49,77,79-80H,8-11,16-19H2,1-2H3,(H2,64,78)(H,65,81)(H,67,82)(H,68,83)(H,85,86)/t25-,29?,30?,32-,36-,37-,44-,48-,49+/m0/s1. The predicted octanol–water partition coefficient (Wildman–Crippen LogP) is 10.1. The summed E-state index contributed by atoms with van der Waals surface area (Å²) in [5.74, 6) is -6.61. The van der Waals surface area contributed by atoms with Crippen molar-refractivity contribution in [2.45, 2.75) is 101 Å². The minimum Gasteiger partial charge on any atom is -0.506 e. The number of nitrogens with one attached hydrogen (secondary N) is 3. The maximum Gasteiger partial charge on any atom is 0.306 e. The number of nitrogens with zero attached hydrogens (tertiary/aromatic N) is 8. The number of hydrogen-bond donors (Lipinski definition) is 8. The van der Waals surface area contributed by atoms with Gasteiger partial charge in [0.15, 0.2) is 5.78 Å². The van der Waals surface area contributed by atoms with E-state index < -0.39 is 95.8 Å². The number of aliphatic hydroxyl groups excluding tert-OH is 2. The Kier molecular flexibility index (Phi) is 19.1. The SMILES string of the molecule is Cc1sc2nc1C(=O)C[C@@H]([C@H](O)c1ccccc1)c1nc(cs1)C(=O)N[C@@H](Cc1cc(Br)c(O)c(Br)c1)C(=O)N1C[C@H](O)[C@H](C)[C@H]1c1nc(cs1)-c1nc(cs1)-c1nc(-c3nc(C(=O)NC4CCC(C(=O)O)CC4)cs3)ccc1-c1nc(cs1)C(=O)N[C@H]2CC(N)=O. The molecule has 2 aliphatic heterocycles. The molecule has 2 fully saturated rings. The molecule has 9 aromatic rings. The molecule has 23 nitrogen and oxygen atoms in total. The number of hydrogen-bond acceptors (Lipinski definition) is 23. The highest BCUT2D eigenvalue weighted by molar-refractivity contribution is 9.11. The zero-order chi connectivity index (χ0) is 64.8. The van der Waals surface area contributed by atoms with Gasteiger partial charge in [-0.25, -0.2) is 34.9 Å². The molecule has 7 aromatic heterocycles. The van der Waals surface area contributed by atoms with E-state index in [-0.39, 0.29) is 64.0 Å². The number of pyridine rings is 1. The van der Waals surface area contributed by atoms with Crippen molar-refractivity contribution in [3.63, 3.8) is 0 Å². The fraction of sp³-hybridized carbons (Fsp3) is 0.311. The Bertz CT molecular complexity index is 4330. The average molecular weight is 1480 g/mol. The van der Waals surface area contributed by atoms with Crippen molar-refractivity contribution in [1.29, 1.82) is 0 Å². The number of carboxylic acid groups (broad SMARTS) is 1. The number of aliphatic hydroxyl groups is 2. The number of aromatic nitrogens is 7. The Morgan fingerprint density at radius 2 is 1.36 bits per heavy atom. The van der Waals surface area contributed by atoms with Crippen molar-refractivity contribution in [3.8, 4) is 49.1 Å². The molecule has 1 saturated carbocycles. The van der Waals surface area contributed by atoms with E-state index in [4.69, 9.17) is 35.6 Å². The number of phenols is 1. The van der Waals surface area contributed by atoms with Crippen LogP contribution < -0.4 is 21.7 Å². The largest absolute Gasteiger partial charge is 0.506 e. The number of nitrogens with two attached hydrogens (primary N) is 1. The fourth-order valence-corrected chi connectivity index (χ4v) is 18.1. The number of aliphatic carboxylic acids is 1. The predicted molar refractivity (Wildman–Crippen MR) is 354 cm³/mol. The van der Waals surface area contributed by atoms with Crippen molar-refractivity contribution < 1.29 is 54.0 Å². The zero-order valence-electron chi connectivity index (χ0n) is 48.4. The van der Waals surface area contributed by atoms with Crippen LogP contribution in [0.4, 0.5) is 0 Å². The van der Waals surface area contributed by atoms with Crippen LogP contribution in [0.1, 0.15) is 143 Å². The number of aryl methyl sites for hydroxylation is 1. The van der Waals surface area contributed by atoms with Crippen molar-refractivity contribution >= 4 is 141 Å². The number of thiazole rings is 6. The van der Waals surface area contributed by atoms with E-state index >= 15 is 4.79 Å². The van der Waals surface area contributed by atoms with Gasteiger partial charge in [-0.3, -0.25) is 33.6 Å². The topological polar surface area (TPSA) is 356 Å². The molecule has 9 N–H and O–H groups in total. The highest BCUT2D eigenvalue weighted by atomic mass is 79.9. The second kappa shape index (κ2) is 27.2. The van der Waals surface area contributed by atoms with E-state index in [1.54, 1.807) is 83.0 Å². The monoisotopic (exact) mass is 1480 g/mol. The van der Waals surface area contributed by atoms with Crippen LogP contribution in [-0.4, -0.2) is 126 Å². The number of amides is 5. The van der Waals surface area contributed by atoms with Gasteiger partial charge in [0.2, 0.25) is 11.8 Å². The first kappa shape index (κ1) is 64.6. The highest BCUT2D eigenvalue weighted by Crippen LogP contribution is 2.44. The molecule has 5 amide bonds. The smallest absolute Gasteiger partial charge is 0.306 e. The van der Waals surface area contributed by atoms with Crippen LogP contribution in [0.3, 0.4) is 0 Å². The summed E-state index contributed by atoms with van der Waals surface area (Å²) >= 11 is 13.8. The van der Waals surface area contributed by atoms with Crippen molar-refractivity contribution in [1.82, 2.24) is 55.7 Å². The lowest BCUT2D eigenvalue weighted by Gasteiger charge is -2.29. The van der Waals surface area contributed by atoms with Crippen LogP contribution in [-0.2, 0) is 20.8 Å². The van der Waals surface area contributed by atoms with Gasteiger partial charge in [0.1, 0.15) is 76.7 Å². The van der Waals surface area contributed by atoms with Gasteiger partial charge in [0.05, 0.1) is 56.3 Å². The summed E-state index contributed by atoms with van der Waals surface area (Å²) in [6.07, 6.45) is -1.20. The minimum absolute atomic E-state index is 0.0124. The van der Waals surface area contributed by atoms with E-state index in [2.05, 4.69) is 52.8 Å². The zero-order valence-corrected chi connectivity index (χ0v) is 56.5. The molecule has 2 aromatic carbocycles. The molecular weight excluding hydrogens is 1430 g/mol. The Labute approximate surface area is 565 Å². The summed E-state index contributed by atoms with van der Waals surface area (Å²) in [5.41, 5.74) is 8.86. The van der Waals surface area contributed by atoms with Crippen LogP contribution in [0.15, 0.2) is 90.4 Å². The summed E-state index contributed by atoms with van der Waals surface area (Å²) < 4.78 is 0.653. The third-order valence-corrected chi connectivity index (χ3v) is 23.1. The highest BCUT2D eigenvalue weighted by Gasteiger charge is 2.46. The van der Waals surface area contributed by atoms with E-state index in [9.17, 15) is 49.2 Å². The molecule has 1 aliphatic carbocycles. The van der Waals surface area contributed by atoms with Crippen molar-refractivity contribution in [3.05, 3.63) is 144 Å². The van der Waals surface area contributed by atoms with Gasteiger partial charge < -0.3 is 47.0 Å². The molecule has 92 heavy (non-hydrogen) atoms. The molecule has 0 radical (unpaired) electrons. The molecule has 1 saturated heterocycles. The number of Topliss-reactive ketones (excluding diaryl/α,β-unsaturated/α-hetero) is 1. The molecule has 7 atom stereocenters. The van der Waals surface area contributed by atoms with E-state index in [1.807, 2.05) is 6.92 Å². The van der Waals surface area contributed by atoms with E-state index in [0.29, 0.717) is 99.0 Å². The number of halogens is 2. The van der Waals surface area contributed by atoms with E-state index in [0.717, 1.165) is 34.0 Å². The Morgan fingerprint density at radius 1 is 0.728 bits per heavy atom. The maximum atomic E-state index is 15.4. The molecular formula is C61H54Br2N12O11S6. The number of aromatic hydroxyl groups is 1. The maximum absolute atomic E-state index is 15.4. The third kappa shape index (κ3) is 13.6. The quantitative estimate of drug-likeness (QED) is 0.0631. The van der Waals surface area contributed by atoms with Crippen LogP contribution in [0.5, 0.6) is 5.75 Å². The number of carbonyl (C=O) groups excluding carboxylic acids is 6. The van der Waals surface area contributed by atoms with Gasteiger partial charge in [-0.2, -0.15) is 0 Å². The van der Waals surface area contributed by atoms with Crippen LogP contribution >= 0.6 is 99.9 Å². The number of carboxylic acids is 1. The number of rotatable bonds is 10. The van der Waals surface area contributed by atoms with Gasteiger partial charge in [0, 0.05) is 74.6 Å². The summed E-state index contributed by atoms with van der Waals surface area (Å²) in [7, 11) is 0. The van der Waals surface area contributed by atoms with Gasteiger partial charge in [-0.05, 0) is 99.9 Å². The van der Waals surface area contributed by atoms with Crippen LogP contribution in [0.25, 0.3) is 43.4 Å². The first-order valence-corrected chi connectivity index (χ1v) is 35.6. The van der Waals surface area contributed by atoms with Crippen molar-refractivity contribution in [2.24, 2.45) is 17.6 Å². The molecule has 31 heteroatoms. The average Bonchev–Trinajstić information content (AvgIpc) is 1.61. The lowest BCUT2D eigenvalue weighted by atomic mass is 9.86. The number of primary amides is 1. The molecule has 0 spiro atoms. The normalized spacial score (nSPS) is 21.7. The number of carbonyl (C=O) groups is 7. The van der Waals surface area contributed by atoms with Crippen molar-refractivity contribution in [2.75, 3.05) is 6.54 Å². The van der Waals surface area contributed by atoms with E-state index in [1.165, 1.54) is 44.3 Å². The van der Waals surface area contributed by atoms with Crippen LogP contribution in [0.2, 0.25) is 0 Å². The Morgan fingerprint density at radius 3 is 2.09 bits per heavy atom. The van der Waals surface area contributed by atoms with Gasteiger partial charge >= 0.3 is 5.97 Å². The van der Waals surface area contributed by atoms with Crippen LogP contribution in [0, 0.1) is 18.8 Å². The second-order valence-electron chi connectivity index (χ2n) is 22.5.